The Morgan fingerprint density at radius 2 is 1.93 bits per heavy atom. The van der Waals surface area contributed by atoms with Crippen molar-refractivity contribution in [3.05, 3.63) is 48.0 Å². The molecule has 1 fully saturated rings. The maximum absolute atomic E-state index is 13.3. The summed E-state index contributed by atoms with van der Waals surface area (Å²) in [6.07, 6.45) is 1.37. The molecule has 0 saturated carbocycles. The lowest BCUT2D eigenvalue weighted by Gasteiger charge is -2.25. The highest BCUT2D eigenvalue weighted by molar-refractivity contribution is 6.13. The Balaban J connectivity index is 1.63. The first-order valence-corrected chi connectivity index (χ1v) is 9.76. The van der Waals surface area contributed by atoms with Gasteiger partial charge in [-0.1, -0.05) is 12.1 Å². The minimum absolute atomic E-state index is 0.168. The van der Waals surface area contributed by atoms with Crippen molar-refractivity contribution in [1.29, 1.82) is 0 Å². The van der Waals surface area contributed by atoms with Crippen LogP contribution in [0.2, 0.25) is 0 Å². The first-order chi connectivity index (χ1) is 14.5. The Kier molecular flexibility index (Phi) is 5.31. The molecule has 2 aliphatic rings. The number of rotatable bonds is 5. The third kappa shape index (κ3) is 3.45. The number of methoxy groups -OCH3 is 2. The van der Waals surface area contributed by atoms with Crippen LogP contribution < -0.4 is 19.7 Å². The van der Waals surface area contributed by atoms with E-state index in [4.69, 9.17) is 9.47 Å². The zero-order valence-corrected chi connectivity index (χ0v) is 16.9. The Bertz CT molecular complexity index is 1010. The van der Waals surface area contributed by atoms with Crippen molar-refractivity contribution >= 4 is 29.1 Å². The van der Waals surface area contributed by atoms with Crippen LogP contribution in [0.25, 0.3) is 0 Å². The monoisotopic (exact) mass is 409 g/mol. The van der Waals surface area contributed by atoms with E-state index in [1.165, 1.54) is 19.1 Å². The lowest BCUT2D eigenvalue weighted by atomic mass is 10.1. The van der Waals surface area contributed by atoms with E-state index in [9.17, 15) is 14.4 Å². The molecular weight excluding hydrogens is 386 g/mol. The molecule has 0 aromatic heterocycles. The number of para-hydroxylation sites is 1. The predicted octanol–water partition coefficient (Wildman–Crippen LogP) is 2.29. The number of ether oxygens (including phenoxy) is 2. The molecule has 8 nitrogen and oxygen atoms in total. The van der Waals surface area contributed by atoms with E-state index >= 15 is 0 Å². The van der Waals surface area contributed by atoms with E-state index in [0.717, 1.165) is 6.42 Å². The summed E-state index contributed by atoms with van der Waals surface area (Å²) in [4.78, 5) is 42.1. The number of amides is 3. The summed E-state index contributed by atoms with van der Waals surface area (Å²) in [6.45, 7) is 0.332. The molecule has 4 rings (SSSR count). The summed E-state index contributed by atoms with van der Waals surface area (Å²) in [7, 11) is 3.04. The van der Waals surface area contributed by atoms with Crippen molar-refractivity contribution in [1.82, 2.24) is 4.90 Å². The molecule has 2 aromatic carbocycles. The van der Waals surface area contributed by atoms with Crippen molar-refractivity contribution in [2.45, 2.75) is 18.9 Å². The second kappa shape index (κ2) is 8.06. The Labute approximate surface area is 174 Å². The van der Waals surface area contributed by atoms with Gasteiger partial charge in [0.15, 0.2) is 0 Å². The van der Waals surface area contributed by atoms with E-state index in [1.807, 2.05) is 0 Å². The van der Waals surface area contributed by atoms with E-state index in [2.05, 4.69) is 5.32 Å². The molecule has 8 heteroatoms. The van der Waals surface area contributed by atoms with Gasteiger partial charge in [-0.25, -0.2) is 0 Å². The molecular formula is C22H23N3O5. The van der Waals surface area contributed by atoms with Crippen molar-refractivity contribution < 1.29 is 23.9 Å². The number of anilines is 2. The average molecular weight is 409 g/mol. The highest BCUT2D eigenvalue weighted by Gasteiger charge is 2.42. The Hall–Kier alpha value is -3.55. The number of benzene rings is 2. The summed E-state index contributed by atoms with van der Waals surface area (Å²) in [6, 6.07) is 11.4. The van der Waals surface area contributed by atoms with Gasteiger partial charge in [0.2, 0.25) is 11.8 Å². The number of carbonyl (C=O) groups excluding carboxylic acids is 3. The zero-order valence-electron chi connectivity index (χ0n) is 16.9. The van der Waals surface area contributed by atoms with Crippen LogP contribution in [-0.4, -0.2) is 56.0 Å². The minimum atomic E-state index is -0.538. The molecule has 3 amide bonds. The second-order valence-corrected chi connectivity index (χ2v) is 7.21. The standard InChI is InChI=1S/C22H23N3O5/c1-29-14-9-10-19(30-2)16(12-14)23-20(26)13-25-17-7-4-3-6-15(17)21(27)24-11-5-8-18(24)22(25)28/h3-4,6-7,9-10,12,18H,5,8,11,13H2,1-2H3,(H,23,26). The van der Waals surface area contributed by atoms with Crippen LogP contribution in [0.15, 0.2) is 42.5 Å². The van der Waals surface area contributed by atoms with Gasteiger partial charge >= 0.3 is 0 Å². The van der Waals surface area contributed by atoms with Gasteiger partial charge in [-0.05, 0) is 37.1 Å². The summed E-state index contributed by atoms with van der Waals surface area (Å²) >= 11 is 0. The molecule has 0 spiro atoms. The van der Waals surface area contributed by atoms with E-state index in [0.29, 0.717) is 41.4 Å². The molecule has 2 heterocycles. The maximum atomic E-state index is 13.3. The fraction of sp³-hybridized carbons (Fsp3) is 0.318. The van der Waals surface area contributed by atoms with Crippen LogP contribution >= 0.6 is 0 Å². The second-order valence-electron chi connectivity index (χ2n) is 7.21. The van der Waals surface area contributed by atoms with Crippen LogP contribution in [0, 0.1) is 0 Å². The van der Waals surface area contributed by atoms with Crippen LogP contribution in [0.5, 0.6) is 11.5 Å². The third-order valence-corrected chi connectivity index (χ3v) is 5.47. The van der Waals surface area contributed by atoms with E-state index in [1.54, 1.807) is 47.4 Å². The largest absolute Gasteiger partial charge is 0.497 e. The Morgan fingerprint density at radius 3 is 2.70 bits per heavy atom. The summed E-state index contributed by atoms with van der Waals surface area (Å²) in [5, 5.41) is 2.79. The first kappa shape index (κ1) is 19.8. The average Bonchev–Trinajstić information content (AvgIpc) is 3.24. The van der Waals surface area contributed by atoms with Crippen LogP contribution in [-0.2, 0) is 9.59 Å². The van der Waals surface area contributed by atoms with Crippen molar-refractivity contribution in [2.75, 3.05) is 37.5 Å². The molecule has 2 aliphatic heterocycles. The molecule has 0 bridgehead atoms. The molecule has 2 aromatic rings. The van der Waals surface area contributed by atoms with E-state index < -0.39 is 11.9 Å². The topological polar surface area (TPSA) is 88.2 Å². The highest BCUT2D eigenvalue weighted by atomic mass is 16.5. The van der Waals surface area contributed by atoms with Gasteiger partial charge in [0.05, 0.1) is 31.2 Å². The number of fused-ring (bicyclic) bond motifs is 2. The normalized spacial score (nSPS) is 17.9. The molecule has 1 N–H and O–H groups in total. The summed E-state index contributed by atoms with van der Waals surface area (Å²) < 4.78 is 10.5. The van der Waals surface area contributed by atoms with Gasteiger partial charge in [0.1, 0.15) is 24.1 Å². The van der Waals surface area contributed by atoms with Gasteiger partial charge in [-0.2, -0.15) is 0 Å². The van der Waals surface area contributed by atoms with Crippen molar-refractivity contribution in [2.24, 2.45) is 0 Å². The van der Waals surface area contributed by atoms with Crippen LogP contribution in [0.3, 0.4) is 0 Å². The molecule has 1 unspecified atom stereocenters. The number of hydrogen-bond acceptors (Lipinski definition) is 5. The quantitative estimate of drug-likeness (QED) is 0.819. The number of nitrogens with zero attached hydrogens (tertiary/aromatic N) is 2. The molecule has 1 saturated heterocycles. The summed E-state index contributed by atoms with van der Waals surface area (Å²) in [5.74, 6) is 0.236. The molecule has 30 heavy (non-hydrogen) atoms. The van der Waals surface area contributed by atoms with Gasteiger partial charge in [-0.3, -0.25) is 14.4 Å². The highest BCUT2D eigenvalue weighted by Crippen LogP contribution is 2.33. The fourth-order valence-electron chi connectivity index (χ4n) is 4.02. The van der Waals surface area contributed by atoms with Crippen molar-refractivity contribution in [3.8, 4) is 11.5 Å². The van der Waals surface area contributed by atoms with Gasteiger partial charge < -0.3 is 24.6 Å². The SMILES string of the molecule is COc1ccc(OC)c(NC(=O)CN2C(=O)C3CCCN3C(=O)c3ccccc32)c1. The lowest BCUT2D eigenvalue weighted by Crippen LogP contribution is -2.47. The lowest BCUT2D eigenvalue weighted by molar-refractivity contribution is -0.124. The fourth-order valence-corrected chi connectivity index (χ4v) is 4.02. The van der Waals surface area contributed by atoms with Gasteiger partial charge in [0.25, 0.3) is 5.91 Å². The van der Waals surface area contributed by atoms with Crippen molar-refractivity contribution in [3.63, 3.8) is 0 Å². The van der Waals surface area contributed by atoms with E-state index in [-0.39, 0.29) is 18.4 Å². The van der Waals surface area contributed by atoms with Crippen LogP contribution in [0.4, 0.5) is 11.4 Å². The first-order valence-electron chi connectivity index (χ1n) is 9.76. The summed E-state index contributed by atoms with van der Waals surface area (Å²) in [5.41, 5.74) is 1.33. The van der Waals surface area contributed by atoms with Gasteiger partial charge in [0, 0.05) is 12.6 Å². The molecule has 0 radical (unpaired) electrons. The number of carbonyl (C=O) groups is 3. The third-order valence-electron chi connectivity index (χ3n) is 5.47. The number of nitrogens with one attached hydrogen (secondary N) is 1. The number of hydrogen-bond donors (Lipinski definition) is 1. The Morgan fingerprint density at radius 1 is 1.13 bits per heavy atom. The minimum Gasteiger partial charge on any atom is -0.497 e. The molecule has 0 aliphatic carbocycles. The molecule has 1 atom stereocenters. The maximum Gasteiger partial charge on any atom is 0.256 e. The van der Waals surface area contributed by atoms with Crippen LogP contribution in [0.1, 0.15) is 23.2 Å². The zero-order chi connectivity index (χ0) is 21.3. The van der Waals surface area contributed by atoms with Gasteiger partial charge in [-0.15, -0.1) is 0 Å². The molecule has 156 valence electrons. The predicted molar refractivity (Wildman–Crippen MR) is 111 cm³/mol. The smallest absolute Gasteiger partial charge is 0.256 e.